The predicted octanol–water partition coefficient (Wildman–Crippen LogP) is 6.81. The monoisotopic (exact) mass is 423 g/mol. The molecule has 31 heavy (non-hydrogen) atoms. The number of nitrogens with one attached hydrogen (secondary N) is 2. The molecule has 152 valence electrons. The molecule has 3 aromatic carbocycles. The van der Waals surface area contributed by atoms with E-state index in [1.165, 1.54) is 31.6 Å². The molecule has 3 heterocycles. The molecule has 0 aliphatic carbocycles. The van der Waals surface area contributed by atoms with Crippen LogP contribution in [0.15, 0.2) is 55.0 Å². The SMILES string of the molecule is Cc1ncc(-c2ccc3c(c2)c2cnsc2c2cc(-c4cnc(C(C)C)[nH]4)ccc32)[nH]1. The van der Waals surface area contributed by atoms with E-state index in [-0.39, 0.29) is 0 Å². The molecule has 0 bridgehead atoms. The Morgan fingerprint density at radius 3 is 2.10 bits per heavy atom. The Morgan fingerprint density at radius 1 is 0.742 bits per heavy atom. The van der Waals surface area contributed by atoms with E-state index in [0.717, 1.165) is 34.2 Å². The first-order valence-corrected chi connectivity index (χ1v) is 11.2. The van der Waals surface area contributed by atoms with Gasteiger partial charge in [-0.15, -0.1) is 0 Å². The highest BCUT2D eigenvalue weighted by atomic mass is 32.1. The molecule has 0 radical (unpaired) electrons. The van der Waals surface area contributed by atoms with Crippen LogP contribution < -0.4 is 0 Å². The summed E-state index contributed by atoms with van der Waals surface area (Å²) in [4.78, 5) is 15.7. The van der Waals surface area contributed by atoms with Gasteiger partial charge in [-0.1, -0.05) is 38.1 Å². The maximum absolute atomic E-state index is 4.54. The van der Waals surface area contributed by atoms with Gasteiger partial charge in [0, 0.05) is 34.0 Å². The quantitative estimate of drug-likeness (QED) is 0.307. The summed E-state index contributed by atoms with van der Waals surface area (Å²) in [5.74, 6) is 2.31. The van der Waals surface area contributed by atoms with Gasteiger partial charge in [0.25, 0.3) is 0 Å². The molecule has 0 fully saturated rings. The zero-order valence-corrected chi connectivity index (χ0v) is 18.3. The van der Waals surface area contributed by atoms with Gasteiger partial charge in [0.05, 0.1) is 28.5 Å². The molecule has 0 aliphatic rings. The smallest absolute Gasteiger partial charge is 0.109 e. The second kappa shape index (κ2) is 6.75. The van der Waals surface area contributed by atoms with Gasteiger partial charge in [-0.25, -0.2) is 9.97 Å². The second-order valence-corrected chi connectivity index (χ2v) is 9.11. The van der Waals surface area contributed by atoms with Crippen molar-refractivity contribution < 1.29 is 0 Å². The third kappa shape index (κ3) is 2.86. The van der Waals surface area contributed by atoms with Gasteiger partial charge in [0.2, 0.25) is 0 Å². The number of H-pyrrole nitrogens is 2. The third-order valence-corrected chi connectivity index (χ3v) is 6.73. The van der Waals surface area contributed by atoms with Gasteiger partial charge >= 0.3 is 0 Å². The lowest BCUT2D eigenvalue weighted by atomic mass is 9.95. The summed E-state index contributed by atoms with van der Waals surface area (Å²) in [6, 6.07) is 13.3. The number of aromatic nitrogens is 5. The number of aromatic amines is 2. The predicted molar refractivity (Wildman–Crippen MR) is 129 cm³/mol. The van der Waals surface area contributed by atoms with Crippen LogP contribution in [0, 0.1) is 6.92 Å². The number of aryl methyl sites for hydroxylation is 1. The Morgan fingerprint density at radius 2 is 1.42 bits per heavy atom. The molecule has 6 aromatic rings. The maximum Gasteiger partial charge on any atom is 0.109 e. The van der Waals surface area contributed by atoms with E-state index in [0.29, 0.717) is 5.92 Å². The van der Waals surface area contributed by atoms with Crippen molar-refractivity contribution in [1.82, 2.24) is 24.3 Å². The molecule has 0 aliphatic heterocycles. The molecule has 0 amide bonds. The number of hydrogen-bond acceptors (Lipinski definition) is 4. The maximum atomic E-state index is 4.54. The number of hydrogen-bond donors (Lipinski definition) is 2. The van der Waals surface area contributed by atoms with Gasteiger partial charge in [-0.2, -0.15) is 4.37 Å². The minimum Gasteiger partial charge on any atom is -0.342 e. The molecule has 0 saturated heterocycles. The van der Waals surface area contributed by atoms with Crippen molar-refractivity contribution in [3.8, 4) is 22.5 Å². The van der Waals surface area contributed by atoms with Crippen molar-refractivity contribution in [2.45, 2.75) is 26.7 Å². The average Bonchev–Trinajstić information content (AvgIpc) is 3.53. The Labute approximate surface area is 183 Å². The minimum atomic E-state index is 0.374. The molecule has 0 spiro atoms. The Balaban J connectivity index is 1.60. The standard InChI is InChI=1S/C25H21N5S/c1-13(2)25-27-12-23(30-25)16-5-7-18-17-6-4-15(22-11-26-14(3)29-22)8-19(17)21-10-28-31-24(21)20(18)9-16/h4-13H,1-3H3,(H,26,29)(H,27,30). The van der Waals surface area contributed by atoms with Crippen LogP contribution in [0.5, 0.6) is 0 Å². The molecular weight excluding hydrogens is 402 g/mol. The van der Waals surface area contributed by atoms with Crippen LogP contribution in [0.2, 0.25) is 0 Å². The number of rotatable bonds is 3. The van der Waals surface area contributed by atoms with E-state index < -0.39 is 0 Å². The van der Waals surface area contributed by atoms with Gasteiger partial charge in [0.15, 0.2) is 0 Å². The summed E-state index contributed by atoms with van der Waals surface area (Å²) in [7, 11) is 0. The lowest BCUT2D eigenvalue weighted by Crippen LogP contribution is -1.89. The van der Waals surface area contributed by atoms with E-state index in [1.807, 2.05) is 25.5 Å². The largest absolute Gasteiger partial charge is 0.342 e. The van der Waals surface area contributed by atoms with Crippen molar-refractivity contribution in [3.05, 3.63) is 66.6 Å². The van der Waals surface area contributed by atoms with Gasteiger partial charge in [0.1, 0.15) is 11.6 Å². The third-order valence-electron chi connectivity index (χ3n) is 5.90. The molecule has 6 heteroatoms. The zero-order valence-electron chi connectivity index (χ0n) is 17.5. The summed E-state index contributed by atoms with van der Waals surface area (Å²) in [6.07, 6.45) is 5.81. The number of imidazole rings is 2. The van der Waals surface area contributed by atoms with Gasteiger partial charge in [-0.3, -0.25) is 0 Å². The van der Waals surface area contributed by atoms with E-state index in [9.17, 15) is 0 Å². The zero-order chi connectivity index (χ0) is 21.1. The van der Waals surface area contributed by atoms with Crippen molar-refractivity contribution in [2.24, 2.45) is 0 Å². The highest BCUT2D eigenvalue weighted by Crippen LogP contribution is 2.40. The molecule has 2 N–H and O–H groups in total. The van der Waals surface area contributed by atoms with Crippen LogP contribution in [0.25, 0.3) is 54.1 Å². The van der Waals surface area contributed by atoms with Crippen LogP contribution in [-0.2, 0) is 0 Å². The summed E-state index contributed by atoms with van der Waals surface area (Å²) < 4.78 is 5.75. The Hall–Kier alpha value is -3.51. The summed E-state index contributed by atoms with van der Waals surface area (Å²) in [5, 5.41) is 6.12. The van der Waals surface area contributed by atoms with Crippen molar-refractivity contribution in [2.75, 3.05) is 0 Å². The molecule has 0 atom stereocenters. The normalized spacial score (nSPS) is 12.0. The second-order valence-electron chi connectivity index (χ2n) is 8.31. The van der Waals surface area contributed by atoms with E-state index in [2.05, 4.69) is 74.6 Å². The van der Waals surface area contributed by atoms with Crippen molar-refractivity contribution >= 4 is 43.2 Å². The van der Waals surface area contributed by atoms with Crippen molar-refractivity contribution in [1.29, 1.82) is 0 Å². The first kappa shape index (κ1) is 18.3. The Kier molecular flexibility index (Phi) is 3.98. The van der Waals surface area contributed by atoms with Gasteiger partial charge < -0.3 is 9.97 Å². The molecule has 5 nitrogen and oxygen atoms in total. The van der Waals surface area contributed by atoms with Crippen LogP contribution >= 0.6 is 11.5 Å². The van der Waals surface area contributed by atoms with Crippen LogP contribution in [-0.4, -0.2) is 24.3 Å². The van der Waals surface area contributed by atoms with E-state index in [4.69, 9.17) is 0 Å². The average molecular weight is 424 g/mol. The summed E-state index contributed by atoms with van der Waals surface area (Å²) in [6.45, 7) is 6.27. The fraction of sp³-hybridized carbons (Fsp3) is 0.160. The fourth-order valence-electron chi connectivity index (χ4n) is 4.27. The number of fused-ring (bicyclic) bond motifs is 6. The molecule has 0 saturated carbocycles. The van der Waals surface area contributed by atoms with E-state index >= 15 is 0 Å². The summed E-state index contributed by atoms with van der Waals surface area (Å²) >= 11 is 1.56. The Bertz CT molecular complexity index is 1580. The molecular formula is C25H21N5S. The molecule has 0 unspecified atom stereocenters. The highest BCUT2D eigenvalue weighted by molar-refractivity contribution is 7.14. The van der Waals surface area contributed by atoms with E-state index in [1.54, 1.807) is 11.5 Å². The lowest BCUT2D eigenvalue weighted by Gasteiger charge is -2.10. The van der Waals surface area contributed by atoms with Crippen LogP contribution in [0.3, 0.4) is 0 Å². The lowest BCUT2D eigenvalue weighted by molar-refractivity contribution is 0.795. The first-order valence-electron chi connectivity index (χ1n) is 10.4. The number of nitrogens with zero attached hydrogens (tertiary/aromatic N) is 3. The van der Waals surface area contributed by atoms with Crippen molar-refractivity contribution in [3.63, 3.8) is 0 Å². The molecule has 3 aromatic heterocycles. The van der Waals surface area contributed by atoms with Gasteiger partial charge in [-0.05, 0) is 46.7 Å². The minimum absolute atomic E-state index is 0.374. The van der Waals surface area contributed by atoms with Crippen LogP contribution in [0.4, 0.5) is 0 Å². The fourth-order valence-corrected chi connectivity index (χ4v) is 5.07. The first-order chi connectivity index (χ1) is 15.1. The topological polar surface area (TPSA) is 70.2 Å². The molecule has 6 rings (SSSR count). The number of benzene rings is 3. The highest BCUT2D eigenvalue weighted by Gasteiger charge is 2.14. The summed E-state index contributed by atoms with van der Waals surface area (Å²) in [5.41, 5.74) is 4.36. The van der Waals surface area contributed by atoms with Crippen LogP contribution in [0.1, 0.15) is 31.4 Å².